The lowest BCUT2D eigenvalue weighted by molar-refractivity contribution is -0.144. The molecule has 0 aliphatic carbocycles. The van der Waals surface area contributed by atoms with Crippen molar-refractivity contribution in [1.82, 2.24) is 23.0 Å². The molecule has 0 amide bonds. The molecule has 2 unspecified atom stereocenters. The number of anilines is 3. The largest absolute Gasteiger partial charge is 0.481 e. The molecule has 10 nitrogen and oxygen atoms in total. The number of aliphatic carboxylic acids is 1. The quantitative estimate of drug-likeness (QED) is 0.134. The minimum absolute atomic E-state index is 0.119. The van der Waals surface area contributed by atoms with Crippen LogP contribution in [0.1, 0.15) is 54.9 Å². The predicted molar refractivity (Wildman–Crippen MR) is 190 cm³/mol. The topological polar surface area (TPSA) is 102 Å². The van der Waals surface area contributed by atoms with Gasteiger partial charge in [-0.1, -0.05) is 18.5 Å². The summed E-state index contributed by atoms with van der Waals surface area (Å²) in [5.74, 6) is -0.306. The van der Waals surface area contributed by atoms with Crippen LogP contribution in [0.15, 0.2) is 43.0 Å². The van der Waals surface area contributed by atoms with Crippen LogP contribution in [0.5, 0.6) is 0 Å². The van der Waals surface area contributed by atoms with E-state index in [4.69, 9.17) is 16.6 Å². The standard InChI is InChI=1S/C33H34ClF6IN8O2/c1-3-25-11-26(18-48(25)28-27(34)15-44-31(45-28)47-6-4-20(5-7-47)29(50)51)49(30-42-13-22(14-43-30)21-12-41-46(2)17-21)16-19-8-23(32(35,36)37)10-24(9-19)33(38,39)40/h8-10,12-15,17,20,25-26H,3-7,11,16,18H2,1-2H3,(H,50,51). The summed E-state index contributed by atoms with van der Waals surface area (Å²) in [5.41, 5.74) is -1.30. The summed E-state index contributed by atoms with van der Waals surface area (Å²) >= 11 is 6.35. The molecule has 6 rings (SSSR count). The van der Waals surface area contributed by atoms with Crippen LogP contribution in [0.4, 0.5) is 44.1 Å². The van der Waals surface area contributed by atoms with Crippen LogP contribution in [0.2, 0.25) is 5.02 Å². The minimum atomic E-state index is -5.00. The van der Waals surface area contributed by atoms with Crippen molar-refractivity contribution in [2.45, 2.75) is 63.6 Å². The summed E-state index contributed by atoms with van der Waals surface area (Å²) in [6.07, 6.45) is -1.36. The molecule has 2 fully saturated rings. The first-order valence-electron chi connectivity index (χ1n) is 16.2. The fourth-order valence-corrected chi connectivity index (χ4v) is 8.52. The molecule has 1 aromatic carbocycles. The van der Waals surface area contributed by atoms with Gasteiger partial charge in [-0.15, -0.1) is 0 Å². The van der Waals surface area contributed by atoms with Gasteiger partial charge in [-0.05, 0) is 74.5 Å². The highest BCUT2D eigenvalue weighted by atomic mass is 127. The Morgan fingerprint density at radius 2 is 1.67 bits per heavy atom. The number of halogens is 8. The number of alkyl halides is 6. The molecular weight excluding hydrogens is 817 g/mol. The smallest absolute Gasteiger partial charge is 0.416 e. The Labute approximate surface area is 305 Å². The summed E-state index contributed by atoms with van der Waals surface area (Å²) in [7, 11) is 1.96. The zero-order valence-electron chi connectivity index (χ0n) is 27.5. The number of rotatable bonds is 9. The average molecular weight is 851 g/mol. The number of aromatic nitrogens is 4. The second-order valence-corrected chi connectivity index (χ2v) is 15.8. The van der Waals surface area contributed by atoms with Gasteiger partial charge in [0, 0.05) is 69.0 Å². The maximum absolute atomic E-state index is 13.8. The van der Waals surface area contributed by atoms with Crippen molar-refractivity contribution in [1.29, 1.82) is 0 Å². The number of nitrogens with zero attached hydrogens (tertiary/aromatic N) is 8. The molecule has 0 bridgehead atoms. The Morgan fingerprint density at radius 3 is 2.22 bits per heavy atom. The molecule has 51 heavy (non-hydrogen) atoms. The Hall–Kier alpha value is -3.74. The van der Waals surface area contributed by atoms with Gasteiger partial charge in [0.25, 0.3) is 0 Å². The maximum Gasteiger partial charge on any atom is 0.416 e. The minimum Gasteiger partial charge on any atom is -0.481 e. The first-order valence-corrected chi connectivity index (χ1v) is 18.8. The van der Waals surface area contributed by atoms with E-state index in [0.29, 0.717) is 50.5 Å². The lowest BCUT2D eigenvalue weighted by Gasteiger charge is -2.32. The lowest BCUT2D eigenvalue weighted by atomic mass is 9.97. The molecule has 5 heterocycles. The molecule has 0 spiro atoms. The van der Waals surface area contributed by atoms with E-state index in [0.717, 1.165) is 23.3 Å². The molecule has 3 aliphatic heterocycles. The van der Waals surface area contributed by atoms with Crippen molar-refractivity contribution < 1.29 is 36.2 Å². The third-order valence-electron chi connectivity index (χ3n) is 9.28. The molecule has 18 heteroatoms. The Kier molecular flexibility index (Phi) is 10.7. The Morgan fingerprint density at radius 1 is 1.02 bits per heavy atom. The van der Waals surface area contributed by atoms with Gasteiger partial charge in [-0.3, -0.25) is 4.79 Å². The fourth-order valence-electron chi connectivity index (χ4n) is 6.60. The molecule has 2 saturated heterocycles. The van der Waals surface area contributed by atoms with Crippen LogP contribution in [0.3, 0.4) is 0 Å². The first-order chi connectivity index (χ1) is 24.1. The molecular formula is C33H34ClF6IN8O2. The first kappa shape index (κ1) is 37.0. The predicted octanol–water partition coefficient (Wildman–Crippen LogP) is 7.30. The van der Waals surface area contributed by atoms with Crippen molar-refractivity contribution in [3.63, 3.8) is 0 Å². The van der Waals surface area contributed by atoms with Crippen molar-refractivity contribution in [3.8, 4) is 0 Å². The van der Waals surface area contributed by atoms with Crippen molar-refractivity contribution in [2.75, 3.05) is 41.4 Å². The number of piperidine rings is 1. The van der Waals surface area contributed by atoms with Crippen molar-refractivity contribution >= 4 is 65.9 Å². The van der Waals surface area contributed by atoms with E-state index in [1.165, 1.54) is 6.20 Å². The van der Waals surface area contributed by atoms with Crippen LogP contribution >= 0.6 is 32.6 Å². The third-order valence-corrected chi connectivity index (χ3v) is 11.7. The van der Waals surface area contributed by atoms with Gasteiger partial charge in [-0.2, -0.15) is 31.3 Å². The number of hydrogen-bond acceptors (Lipinski definition) is 9. The summed E-state index contributed by atoms with van der Waals surface area (Å²) in [5, 5.41) is 9.67. The summed E-state index contributed by atoms with van der Waals surface area (Å²) in [6.45, 7) is 2.80. The highest BCUT2D eigenvalue weighted by Gasteiger charge is 2.40. The monoisotopic (exact) mass is 850 g/mol. The van der Waals surface area contributed by atoms with E-state index in [1.54, 1.807) is 17.3 Å². The van der Waals surface area contributed by atoms with Crippen LogP contribution in [0, 0.1) is 5.92 Å². The number of hydrogen-bond donors (Lipinski definition) is 1. The van der Waals surface area contributed by atoms with Gasteiger partial charge in [0.2, 0.25) is 11.9 Å². The molecule has 1 N–H and O–H groups in total. The highest BCUT2D eigenvalue weighted by Crippen LogP contribution is 2.39. The van der Waals surface area contributed by atoms with Crippen LogP contribution in [-0.2, 0) is 23.7 Å². The van der Waals surface area contributed by atoms with Crippen molar-refractivity contribution in [3.05, 3.63) is 70.3 Å². The van der Waals surface area contributed by atoms with Gasteiger partial charge in [0.1, 0.15) is 5.02 Å². The zero-order valence-corrected chi connectivity index (χ0v) is 30.4. The second-order valence-electron chi connectivity index (χ2n) is 12.7. The molecule has 2 atom stereocenters. The van der Waals surface area contributed by atoms with E-state index in [9.17, 15) is 36.2 Å². The van der Waals surface area contributed by atoms with Crippen LogP contribution in [0.25, 0.3) is 5.57 Å². The number of carbonyl (C=O) groups is 1. The lowest BCUT2D eigenvalue weighted by Crippen LogP contribution is -2.39. The fraction of sp³-hybridized carbons (Fsp3) is 0.455. The SMILES string of the molecule is CCC1CC(N(Cc2cc(C(F)(F)F)cc(C(F)(F)F)c2)c2ncc(C3=CN(C)I=C3)cn2)CN1c1nc(N2CCC(C(=O)O)CC2)ncc1Cl. The summed E-state index contributed by atoms with van der Waals surface area (Å²) in [6, 6.07) is 0.979. The molecule has 0 saturated carbocycles. The van der Waals surface area contributed by atoms with Gasteiger partial charge in [-0.25, -0.2) is 15.0 Å². The Bertz CT molecular complexity index is 1790. The van der Waals surface area contributed by atoms with Crippen LogP contribution < -0.4 is 14.7 Å². The van der Waals surface area contributed by atoms with E-state index in [2.05, 4.69) is 22.1 Å². The number of carboxylic acids is 1. The second kappa shape index (κ2) is 14.7. The van der Waals surface area contributed by atoms with E-state index < -0.39 is 41.4 Å². The van der Waals surface area contributed by atoms with Crippen LogP contribution in [-0.4, -0.2) is 76.9 Å². The normalized spacial score (nSPS) is 20.1. The molecule has 2 aromatic heterocycles. The highest BCUT2D eigenvalue weighted by molar-refractivity contribution is 14.2. The van der Waals surface area contributed by atoms with E-state index in [-0.39, 0.29) is 62.7 Å². The molecule has 274 valence electrons. The summed E-state index contributed by atoms with van der Waals surface area (Å²) in [4.78, 5) is 35.3. The maximum atomic E-state index is 13.8. The summed E-state index contributed by atoms with van der Waals surface area (Å²) < 4.78 is 87.2. The van der Waals surface area contributed by atoms with E-state index in [1.807, 2.05) is 30.0 Å². The molecule has 0 radical (unpaired) electrons. The van der Waals surface area contributed by atoms with Gasteiger partial charge in [0.15, 0.2) is 5.82 Å². The van der Waals surface area contributed by atoms with Gasteiger partial charge >= 0.3 is 18.3 Å². The average Bonchev–Trinajstić information content (AvgIpc) is 3.73. The zero-order chi connectivity index (χ0) is 36.7. The number of carboxylic acid groups (broad SMARTS) is 1. The number of benzene rings is 1. The Balaban J connectivity index is 1.34. The van der Waals surface area contributed by atoms with Gasteiger partial charge in [0.05, 0.1) is 29.3 Å². The van der Waals surface area contributed by atoms with Gasteiger partial charge < -0.3 is 22.9 Å². The molecule has 3 aromatic rings. The third kappa shape index (κ3) is 8.34. The van der Waals surface area contributed by atoms with Crippen molar-refractivity contribution in [2.24, 2.45) is 5.92 Å². The number of allylic oxidation sites excluding steroid dienone is 1. The van der Waals surface area contributed by atoms with E-state index >= 15 is 0 Å². The molecule has 3 aliphatic rings.